The molecule has 0 aliphatic carbocycles. The molecule has 0 spiro atoms. The van der Waals surface area contributed by atoms with Crippen molar-refractivity contribution >= 4 is 10.9 Å². The predicted octanol–water partition coefficient (Wildman–Crippen LogP) is 2.71. The van der Waals surface area contributed by atoms with Crippen molar-refractivity contribution in [3.05, 3.63) is 48.2 Å². The van der Waals surface area contributed by atoms with E-state index in [1.54, 1.807) is 0 Å². The summed E-state index contributed by atoms with van der Waals surface area (Å²) in [7, 11) is 0. The molecule has 0 bridgehead atoms. The molecule has 0 fully saturated rings. The zero-order chi connectivity index (χ0) is 10.7. The van der Waals surface area contributed by atoms with Gasteiger partial charge in [-0.05, 0) is 36.1 Å². The Morgan fingerprint density at radius 1 is 1.33 bits per heavy atom. The van der Waals surface area contributed by atoms with E-state index in [2.05, 4.69) is 29.0 Å². The highest BCUT2D eigenvalue weighted by molar-refractivity contribution is 5.80. The van der Waals surface area contributed by atoms with Gasteiger partial charge in [-0.2, -0.15) is 0 Å². The van der Waals surface area contributed by atoms with Crippen LogP contribution in [0.1, 0.15) is 12.5 Å². The molecule has 78 valence electrons. The molecular weight excluding hydrogens is 186 g/mol. The molecule has 0 atom stereocenters. The van der Waals surface area contributed by atoms with Crippen molar-refractivity contribution in [3.8, 4) is 0 Å². The Kier molecular flexibility index (Phi) is 2.88. The van der Waals surface area contributed by atoms with Crippen LogP contribution in [0, 0.1) is 0 Å². The van der Waals surface area contributed by atoms with Crippen LogP contribution < -0.4 is 0 Å². The summed E-state index contributed by atoms with van der Waals surface area (Å²) in [6.45, 7) is 3.03. The Labute approximate surface area is 89.5 Å². The monoisotopic (exact) mass is 201 g/mol. The average Bonchev–Trinajstić information content (AvgIpc) is 2.68. The number of aliphatic hydroxyl groups is 1. The third-order valence-corrected chi connectivity index (χ3v) is 2.56. The van der Waals surface area contributed by atoms with E-state index >= 15 is 0 Å². The predicted molar refractivity (Wildman–Crippen MR) is 62.7 cm³/mol. The molecule has 2 nitrogen and oxygen atoms in total. The van der Waals surface area contributed by atoms with Crippen molar-refractivity contribution in [1.29, 1.82) is 0 Å². The molecule has 1 N–H and O–H groups in total. The minimum absolute atomic E-state index is 0.107. The molecule has 15 heavy (non-hydrogen) atoms. The van der Waals surface area contributed by atoms with Gasteiger partial charge < -0.3 is 9.67 Å². The van der Waals surface area contributed by atoms with Crippen LogP contribution in [0.5, 0.6) is 0 Å². The summed E-state index contributed by atoms with van der Waals surface area (Å²) in [4.78, 5) is 0. The number of aliphatic hydroxyl groups excluding tert-OH is 1. The molecule has 1 aromatic carbocycles. The lowest BCUT2D eigenvalue weighted by molar-refractivity contribution is 0.282. The zero-order valence-electron chi connectivity index (χ0n) is 8.85. The molecule has 0 unspecified atom stereocenters. The lowest BCUT2D eigenvalue weighted by Gasteiger charge is -2.02. The fourth-order valence-electron chi connectivity index (χ4n) is 1.73. The SMILES string of the molecule is C/C=C/Cn1ccc2cc(CO)ccc21. The van der Waals surface area contributed by atoms with Gasteiger partial charge in [0.15, 0.2) is 0 Å². The molecular formula is C13H15NO. The molecule has 1 aromatic heterocycles. The number of rotatable bonds is 3. The summed E-state index contributed by atoms with van der Waals surface area (Å²) in [5, 5.41) is 10.2. The van der Waals surface area contributed by atoms with E-state index < -0.39 is 0 Å². The lowest BCUT2D eigenvalue weighted by Crippen LogP contribution is -1.92. The van der Waals surface area contributed by atoms with Gasteiger partial charge >= 0.3 is 0 Å². The van der Waals surface area contributed by atoms with Crippen LogP contribution in [0.4, 0.5) is 0 Å². The van der Waals surface area contributed by atoms with E-state index in [1.165, 1.54) is 10.9 Å². The second-order valence-electron chi connectivity index (χ2n) is 3.59. The van der Waals surface area contributed by atoms with Gasteiger partial charge in [-0.1, -0.05) is 18.2 Å². The van der Waals surface area contributed by atoms with Gasteiger partial charge in [-0.3, -0.25) is 0 Å². The molecule has 0 saturated carbocycles. The topological polar surface area (TPSA) is 25.2 Å². The van der Waals surface area contributed by atoms with Gasteiger partial charge in [0.2, 0.25) is 0 Å². The molecule has 2 rings (SSSR count). The normalized spacial score (nSPS) is 11.6. The van der Waals surface area contributed by atoms with Crippen molar-refractivity contribution in [2.24, 2.45) is 0 Å². The Hall–Kier alpha value is -1.54. The van der Waals surface area contributed by atoms with E-state index in [1.807, 2.05) is 25.1 Å². The maximum atomic E-state index is 9.03. The first-order valence-corrected chi connectivity index (χ1v) is 5.15. The van der Waals surface area contributed by atoms with Crippen molar-refractivity contribution in [2.45, 2.75) is 20.1 Å². The van der Waals surface area contributed by atoms with E-state index in [-0.39, 0.29) is 6.61 Å². The van der Waals surface area contributed by atoms with Crippen molar-refractivity contribution in [1.82, 2.24) is 4.57 Å². The summed E-state index contributed by atoms with van der Waals surface area (Å²) in [5.74, 6) is 0. The maximum Gasteiger partial charge on any atom is 0.0682 e. The van der Waals surface area contributed by atoms with E-state index in [0.29, 0.717) is 0 Å². The van der Waals surface area contributed by atoms with E-state index in [4.69, 9.17) is 5.11 Å². The molecule has 2 aromatic rings. The minimum Gasteiger partial charge on any atom is -0.392 e. The molecule has 2 heteroatoms. The fraction of sp³-hybridized carbons (Fsp3) is 0.231. The molecule has 0 aliphatic heterocycles. The van der Waals surface area contributed by atoms with Gasteiger partial charge in [0.1, 0.15) is 0 Å². The second kappa shape index (κ2) is 4.32. The first kappa shape index (κ1) is 9.99. The fourth-order valence-corrected chi connectivity index (χ4v) is 1.73. The molecule has 0 amide bonds. The van der Waals surface area contributed by atoms with Crippen LogP contribution in [0.15, 0.2) is 42.6 Å². The van der Waals surface area contributed by atoms with Crippen LogP contribution in [0.25, 0.3) is 10.9 Å². The van der Waals surface area contributed by atoms with Gasteiger partial charge in [0.25, 0.3) is 0 Å². The lowest BCUT2D eigenvalue weighted by atomic mass is 10.2. The quantitative estimate of drug-likeness (QED) is 0.759. The third-order valence-electron chi connectivity index (χ3n) is 2.56. The number of aromatic nitrogens is 1. The molecule has 0 radical (unpaired) electrons. The number of hydrogen-bond acceptors (Lipinski definition) is 1. The van der Waals surface area contributed by atoms with Crippen molar-refractivity contribution in [2.75, 3.05) is 0 Å². The average molecular weight is 201 g/mol. The second-order valence-corrected chi connectivity index (χ2v) is 3.59. The highest BCUT2D eigenvalue weighted by Gasteiger charge is 2.00. The number of fused-ring (bicyclic) bond motifs is 1. The molecule has 0 saturated heterocycles. The van der Waals surface area contributed by atoms with E-state index in [9.17, 15) is 0 Å². The first-order valence-electron chi connectivity index (χ1n) is 5.15. The van der Waals surface area contributed by atoms with Gasteiger partial charge in [0, 0.05) is 18.3 Å². The Bertz CT molecular complexity index is 482. The number of allylic oxidation sites excluding steroid dienone is 2. The van der Waals surface area contributed by atoms with Crippen molar-refractivity contribution < 1.29 is 5.11 Å². The summed E-state index contributed by atoms with van der Waals surface area (Å²) < 4.78 is 2.19. The highest BCUT2D eigenvalue weighted by Crippen LogP contribution is 2.17. The number of hydrogen-bond donors (Lipinski definition) is 1. The van der Waals surface area contributed by atoms with Crippen LogP contribution in [-0.2, 0) is 13.2 Å². The maximum absolute atomic E-state index is 9.03. The molecule has 0 aliphatic rings. The van der Waals surface area contributed by atoms with Gasteiger partial charge in [0.05, 0.1) is 6.61 Å². The number of nitrogens with zero attached hydrogens (tertiary/aromatic N) is 1. The first-order chi connectivity index (χ1) is 7.35. The summed E-state index contributed by atoms with van der Waals surface area (Å²) in [6.07, 6.45) is 6.25. The highest BCUT2D eigenvalue weighted by atomic mass is 16.3. The standard InChI is InChI=1S/C13H15NO/c1-2-3-7-14-8-6-12-9-11(10-15)4-5-13(12)14/h2-6,8-9,15H,7,10H2,1H3/b3-2+. The third kappa shape index (κ3) is 1.95. The van der Waals surface area contributed by atoms with Crippen LogP contribution in [0.3, 0.4) is 0 Å². The summed E-state index contributed by atoms with van der Waals surface area (Å²) >= 11 is 0. The number of benzene rings is 1. The van der Waals surface area contributed by atoms with Gasteiger partial charge in [-0.15, -0.1) is 0 Å². The Morgan fingerprint density at radius 3 is 2.93 bits per heavy atom. The Balaban J connectivity index is 2.42. The van der Waals surface area contributed by atoms with Crippen LogP contribution in [-0.4, -0.2) is 9.67 Å². The smallest absolute Gasteiger partial charge is 0.0682 e. The summed E-state index contributed by atoms with van der Waals surface area (Å²) in [5.41, 5.74) is 2.18. The van der Waals surface area contributed by atoms with Crippen LogP contribution in [0.2, 0.25) is 0 Å². The molecule has 1 heterocycles. The van der Waals surface area contributed by atoms with Crippen LogP contribution >= 0.6 is 0 Å². The Morgan fingerprint density at radius 2 is 2.20 bits per heavy atom. The van der Waals surface area contributed by atoms with Crippen molar-refractivity contribution in [3.63, 3.8) is 0 Å². The summed E-state index contributed by atoms with van der Waals surface area (Å²) in [6, 6.07) is 8.14. The minimum atomic E-state index is 0.107. The largest absolute Gasteiger partial charge is 0.392 e. The van der Waals surface area contributed by atoms with Gasteiger partial charge in [-0.25, -0.2) is 0 Å². The zero-order valence-corrected chi connectivity index (χ0v) is 8.85. The van der Waals surface area contributed by atoms with E-state index in [0.717, 1.165) is 12.1 Å².